The van der Waals surface area contributed by atoms with Crippen molar-refractivity contribution in [3.63, 3.8) is 0 Å². The predicted octanol–water partition coefficient (Wildman–Crippen LogP) is 3.07. The molecule has 13 heavy (non-hydrogen) atoms. The fraction of sp³-hybridized carbons (Fsp3) is 0.636. The highest BCUT2D eigenvalue weighted by Gasteiger charge is 2.23. The van der Waals surface area contributed by atoms with Gasteiger partial charge in [0, 0.05) is 21.2 Å². The van der Waals surface area contributed by atoms with Gasteiger partial charge in [0.2, 0.25) is 0 Å². The molecular formula is C11H19NS. The Morgan fingerprint density at radius 2 is 2.08 bits per heavy atom. The molecule has 1 atom stereocenters. The number of hydrogen-bond acceptors (Lipinski definition) is 2. The van der Waals surface area contributed by atoms with Crippen LogP contribution in [0.15, 0.2) is 12.1 Å². The fourth-order valence-electron chi connectivity index (χ4n) is 1.70. The van der Waals surface area contributed by atoms with Crippen LogP contribution in [0.3, 0.4) is 0 Å². The maximum absolute atomic E-state index is 5.83. The van der Waals surface area contributed by atoms with E-state index in [1.54, 1.807) is 0 Å². The highest BCUT2D eigenvalue weighted by atomic mass is 32.1. The second-order valence-corrected chi connectivity index (χ2v) is 5.76. The summed E-state index contributed by atoms with van der Waals surface area (Å²) in [7, 11) is 0. The highest BCUT2D eigenvalue weighted by Crippen LogP contribution is 2.33. The summed E-state index contributed by atoms with van der Waals surface area (Å²) in [5.74, 6) is 0. The molecule has 2 heteroatoms. The minimum absolute atomic E-state index is 0.229. The lowest BCUT2D eigenvalue weighted by Crippen LogP contribution is -2.27. The molecule has 0 aromatic carbocycles. The predicted molar refractivity (Wildman–Crippen MR) is 60.3 cm³/mol. The molecule has 1 aromatic rings. The second kappa shape index (κ2) is 3.81. The van der Waals surface area contributed by atoms with Gasteiger partial charge in [-0.25, -0.2) is 0 Å². The molecular weight excluding hydrogens is 178 g/mol. The van der Waals surface area contributed by atoms with E-state index in [9.17, 15) is 0 Å². The van der Waals surface area contributed by atoms with Crippen LogP contribution in [0.4, 0.5) is 0 Å². The largest absolute Gasteiger partial charge is 0.328 e. The Kier molecular flexibility index (Phi) is 3.14. The molecule has 0 spiro atoms. The first-order valence-corrected chi connectivity index (χ1v) is 5.56. The third-order valence-corrected chi connectivity index (χ3v) is 3.61. The van der Waals surface area contributed by atoms with Crippen molar-refractivity contribution in [3.05, 3.63) is 21.9 Å². The first-order chi connectivity index (χ1) is 5.92. The second-order valence-electron chi connectivity index (χ2n) is 4.48. The van der Waals surface area contributed by atoms with Gasteiger partial charge in [0.1, 0.15) is 0 Å². The molecule has 0 saturated heterocycles. The van der Waals surface area contributed by atoms with Crippen LogP contribution in [0.25, 0.3) is 0 Å². The maximum Gasteiger partial charge on any atom is 0.0105 e. The Morgan fingerprint density at radius 1 is 1.46 bits per heavy atom. The summed E-state index contributed by atoms with van der Waals surface area (Å²) in [4.78, 5) is 2.83. The Hall–Kier alpha value is -0.340. The van der Waals surface area contributed by atoms with Gasteiger partial charge >= 0.3 is 0 Å². The average Bonchev–Trinajstić information content (AvgIpc) is 2.32. The zero-order valence-electron chi connectivity index (χ0n) is 8.92. The van der Waals surface area contributed by atoms with Crippen molar-refractivity contribution >= 4 is 11.3 Å². The molecule has 1 nitrogen and oxygen atoms in total. The van der Waals surface area contributed by atoms with Gasteiger partial charge in [-0.1, -0.05) is 13.8 Å². The van der Waals surface area contributed by atoms with Crippen LogP contribution < -0.4 is 5.73 Å². The van der Waals surface area contributed by atoms with E-state index in [2.05, 4.69) is 39.8 Å². The summed E-state index contributed by atoms with van der Waals surface area (Å²) in [5.41, 5.74) is 6.06. The molecule has 0 aliphatic heterocycles. The summed E-state index contributed by atoms with van der Waals surface area (Å²) in [6.07, 6.45) is 1.05. The van der Waals surface area contributed by atoms with Gasteiger partial charge in [0.05, 0.1) is 0 Å². The minimum atomic E-state index is 0.229. The zero-order chi connectivity index (χ0) is 10.1. The first-order valence-electron chi connectivity index (χ1n) is 4.74. The Morgan fingerprint density at radius 3 is 2.46 bits per heavy atom. The van der Waals surface area contributed by atoms with Gasteiger partial charge < -0.3 is 5.73 Å². The first kappa shape index (κ1) is 10.7. The third-order valence-electron chi connectivity index (χ3n) is 2.24. The van der Waals surface area contributed by atoms with Crippen LogP contribution in [0, 0.1) is 6.92 Å². The lowest BCUT2D eigenvalue weighted by atomic mass is 9.85. The average molecular weight is 197 g/mol. The molecule has 0 fully saturated rings. The fourth-order valence-corrected chi connectivity index (χ4v) is 2.68. The van der Waals surface area contributed by atoms with Crippen LogP contribution in [0.2, 0.25) is 0 Å². The van der Waals surface area contributed by atoms with E-state index < -0.39 is 0 Å². The van der Waals surface area contributed by atoms with Crippen LogP contribution in [0.1, 0.15) is 36.9 Å². The van der Waals surface area contributed by atoms with Crippen molar-refractivity contribution in [2.75, 3.05) is 0 Å². The summed E-state index contributed by atoms with van der Waals surface area (Å²) in [6.45, 7) is 8.75. The minimum Gasteiger partial charge on any atom is -0.328 e. The smallest absolute Gasteiger partial charge is 0.0105 e. The molecule has 0 aliphatic rings. The highest BCUT2D eigenvalue weighted by molar-refractivity contribution is 7.12. The van der Waals surface area contributed by atoms with Gasteiger partial charge in [-0.3, -0.25) is 0 Å². The Bertz CT molecular complexity index is 273. The van der Waals surface area contributed by atoms with Crippen molar-refractivity contribution in [3.8, 4) is 0 Å². The van der Waals surface area contributed by atoms with Gasteiger partial charge in [-0.2, -0.15) is 0 Å². The summed E-state index contributed by atoms with van der Waals surface area (Å²) in [6, 6.07) is 4.68. The number of aryl methyl sites for hydroxylation is 1. The van der Waals surface area contributed by atoms with E-state index in [-0.39, 0.29) is 11.5 Å². The molecule has 0 saturated carbocycles. The van der Waals surface area contributed by atoms with Gasteiger partial charge in [-0.05, 0) is 32.4 Å². The van der Waals surface area contributed by atoms with Gasteiger partial charge in [0.25, 0.3) is 0 Å². The maximum atomic E-state index is 5.83. The molecule has 0 amide bonds. The number of thiophene rings is 1. The van der Waals surface area contributed by atoms with E-state index in [1.807, 2.05) is 11.3 Å². The molecule has 74 valence electrons. The van der Waals surface area contributed by atoms with Crippen LogP contribution in [0.5, 0.6) is 0 Å². The van der Waals surface area contributed by atoms with Crippen molar-refractivity contribution in [2.24, 2.45) is 5.73 Å². The molecule has 1 heterocycles. The Labute approximate surface area is 85.0 Å². The molecule has 1 rings (SSSR count). The van der Waals surface area contributed by atoms with E-state index in [4.69, 9.17) is 5.73 Å². The monoisotopic (exact) mass is 197 g/mol. The molecule has 1 unspecified atom stereocenters. The number of rotatable bonds is 3. The lowest BCUT2D eigenvalue weighted by molar-refractivity contribution is 0.445. The van der Waals surface area contributed by atoms with Crippen LogP contribution >= 0.6 is 11.3 Å². The quantitative estimate of drug-likeness (QED) is 0.792. The molecule has 2 N–H and O–H groups in total. The normalized spacial score (nSPS) is 14.5. The number of hydrogen-bond donors (Lipinski definition) is 1. The van der Waals surface area contributed by atoms with Crippen molar-refractivity contribution in [1.29, 1.82) is 0 Å². The van der Waals surface area contributed by atoms with Crippen molar-refractivity contribution < 1.29 is 0 Å². The summed E-state index contributed by atoms with van der Waals surface area (Å²) in [5, 5.41) is 0. The van der Waals surface area contributed by atoms with Gasteiger partial charge in [-0.15, -0.1) is 11.3 Å². The summed E-state index contributed by atoms with van der Waals surface area (Å²) >= 11 is 1.88. The standard InChI is InChI=1S/C11H19NS/c1-8(12)7-11(3,4)10-6-5-9(2)13-10/h5-6,8H,7,12H2,1-4H3. The van der Waals surface area contributed by atoms with Crippen molar-refractivity contribution in [2.45, 2.75) is 45.6 Å². The van der Waals surface area contributed by atoms with Crippen molar-refractivity contribution in [1.82, 2.24) is 0 Å². The van der Waals surface area contributed by atoms with Gasteiger partial charge in [0.15, 0.2) is 0 Å². The number of nitrogens with two attached hydrogens (primary N) is 1. The van der Waals surface area contributed by atoms with E-state index in [0.29, 0.717) is 0 Å². The zero-order valence-corrected chi connectivity index (χ0v) is 9.74. The van der Waals surface area contributed by atoms with Crippen LogP contribution in [-0.4, -0.2) is 6.04 Å². The molecule has 1 aromatic heterocycles. The third kappa shape index (κ3) is 2.82. The lowest BCUT2D eigenvalue weighted by Gasteiger charge is -2.25. The van der Waals surface area contributed by atoms with E-state index >= 15 is 0 Å². The summed E-state index contributed by atoms with van der Waals surface area (Å²) < 4.78 is 0. The molecule has 0 radical (unpaired) electrons. The SMILES string of the molecule is Cc1ccc(C(C)(C)CC(C)N)s1. The van der Waals surface area contributed by atoms with E-state index in [1.165, 1.54) is 9.75 Å². The topological polar surface area (TPSA) is 26.0 Å². The Balaban J connectivity index is 2.80. The molecule has 0 bridgehead atoms. The molecule has 0 aliphatic carbocycles. The van der Waals surface area contributed by atoms with E-state index in [0.717, 1.165) is 6.42 Å². The van der Waals surface area contributed by atoms with Crippen LogP contribution in [-0.2, 0) is 5.41 Å².